The summed E-state index contributed by atoms with van der Waals surface area (Å²) in [6.07, 6.45) is 0. The molecule has 0 aliphatic rings. The molecule has 0 atom stereocenters. The van der Waals surface area contributed by atoms with Gasteiger partial charge in [0.15, 0.2) is 0 Å². The summed E-state index contributed by atoms with van der Waals surface area (Å²) in [5.74, 6) is 0. The van der Waals surface area contributed by atoms with E-state index in [-0.39, 0.29) is 0 Å². The zero-order valence-corrected chi connectivity index (χ0v) is 27.6. The van der Waals surface area contributed by atoms with Crippen molar-refractivity contribution >= 4 is 65.6 Å². The molecule has 0 amide bonds. The van der Waals surface area contributed by atoms with E-state index in [1.165, 1.54) is 49.2 Å². The third-order valence-electron chi connectivity index (χ3n) is 10.5. The van der Waals surface area contributed by atoms with Gasteiger partial charge in [-0.1, -0.05) is 127 Å². The van der Waals surface area contributed by atoms with Crippen LogP contribution in [-0.4, -0.2) is 9.13 Å². The average molecular weight is 651 g/mol. The molecular weight excluding hydrogens is 621 g/mol. The fourth-order valence-corrected chi connectivity index (χ4v) is 8.26. The van der Waals surface area contributed by atoms with Gasteiger partial charge >= 0.3 is 0 Å². The molecule has 0 unspecified atom stereocenters. The first-order chi connectivity index (χ1) is 25.3. The van der Waals surface area contributed by atoms with Gasteiger partial charge in [-0.05, 0) is 71.3 Å². The van der Waals surface area contributed by atoms with Crippen molar-refractivity contribution < 1.29 is 4.42 Å². The number of para-hydroxylation sites is 5. The Labute approximate surface area is 293 Å². The van der Waals surface area contributed by atoms with Crippen molar-refractivity contribution in [1.29, 1.82) is 0 Å². The molecule has 0 N–H and O–H groups in total. The van der Waals surface area contributed by atoms with Crippen LogP contribution in [-0.2, 0) is 0 Å². The van der Waals surface area contributed by atoms with Gasteiger partial charge in [-0.2, -0.15) is 0 Å². The Bertz CT molecular complexity index is 3090. The lowest BCUT2D eigenvalue weighted by Gasteiger charge is -2.17. The molecule has 3 heteroatoms. The minimum Gasteiger partial charge on any atom is -0.456 e. The van der Waals surface area contributed by atoms with Crippen LogP contribution in [0, 0.1) is 0 Å². The minimum atomic E-state index is 0.896. The Balaban J connectivity index is 1.24. The van der Waals surface area contributed by atoms with E-state index >= 15 is 0 Å². The van der Waals surface area contributed by atoms with Crippen molar-refractivity contribution in [2.45, 2.75) is 0 Å². The molecule has 3 heterocycles. The molecule has 11 rings (SSSR count). The van der Waals surface area contributed by atoms with Crippen LogP contribution in [0.3, 0.4) is 0 Å². The van der Waals surface area contributed by atoms with Crippen molar-refractivity contribution in [1.82, 2.24) is 9.13 Å². The summed E-state index contributed by atoms with van der Waals surface area (Å²) in [5.41, 5.74) is 13.4. The molecule has 0 bridgehead atoms. The summed E-state index contributed by atoms with van der Waals surface area (Å²) in [4.78, 5) is 0. The number of hydrogen-bond acceptors (Lipinski definition) is 1. The van der Waals surface area contributed by atoms with Crippen LogP contribution < -0.4 is 0 Å². The molecular formula is C48H30N2O. The van der Waals surface area contributed by atoms with Crippen LogP contribution in [0.5, 0.6) is 0 Å². The van der Waals surface area contributed by atoms with E-state index in [1.807, 2.05) is 12.1 Å². The Morgan fingerprint density at radius 2 is 0.863 bits per heavy atom. The first-order valence-electron chi connectivity index (χ1n) is 17.4. The first-order valence-corrected chi connectivity index (χ1v) is 17.4. The quantitative estimate of drug-likeness (QED) is 0.186. The number of benzene rings is 8. The van der Waals surface area contributed by atoms with Gasteiger partial charge < -0.3 is 13.6 Å². The summed E-state index contributed by atoms with van der Waals surface area (Å²) in [5, 5.41) is 7.22. The second-order valence-corrected chi connectivity index (χ2v) is 13.3. The van der Waals surface area contributed by atoms with Gasteiger partial charge in [-0.3, -0.25) is 0 Å². The van der Waals surface area contributed by atoms with E-state index in [4.69, 9.17) is 4.42 Å². The topological polar surface area (TPSA) is 23.0 Å². The Morgan fingerprint density at radius 1 is 0.314 bits per heavy atom. The molecule has 8 aromatic carbocycles. The monoisotopic (exact) mass is 650 g/mol. The van der Waals surface area contributed by atoms with E-state index in [0.717, 1.165) is 50.0 Å². The van der Waals surface area contributed by atoms with Crippen LogP contribution >= 0.6 is 0 Å². The highest BCUT2D eigenvalue weighted by atomic mass is 16.3. The molecule has 0 aliphatic heterocycles. The molecule has 0 fully saturated rings. The van der Waals surface area contributed by atoms with Crippen molar-refractivity contribution in [3.05, 3.63) is 182 Å². The molecule has 238 valence electrons. The van der Waals surface area contributed by atoms with Crippen molar-refractivity contribution in [2.24, 2.45) is 0 Å². The maximum atomic E-state index is 6.38. The maximum absolute atomic E-state index is 6.38. The van der Waals surface area contributed by atoms with Gasteiger partial charge in [0.25, 0.3) is 0 Å². The van der Waals surface area contributed by atoms with Crippen molar-refractivity contribution in [3.63, 3.8) is 0 Å². The average Bonchev–Trinajstić information content (AvgIpc) is 3.85. The molecule has 0 aliphatic carbocycles. The Morgan fingerprint density at radius 3 is 1.59 bits per heavy atom. The number of aromatic nitrogens is 2. The number of rotatable bonds is 4. The van der Waals surface area contributed by atoms with E-state index in [2.05, 4.69) is 179 Å². The predicted molar refractivity (Wildman–Crippen MR) is 213 cm³/mol. The van der Waals surface area contributed by atoms with Crippen LogP contribution in [0.2, 0.25) is 0 Å². The fraction of sp³-hybridized carbons (Fsp3) is 0. The first kappa shape index (κ1) is 28.0. The van der Waals surface area contributed by atoms with Gasteiger partial charge in [0.2, 0.25) is 0 Å². The molecule has 0 radical (unpaired) electrons. The predicted octanol–water partition coefficient (Wildman–Crippen LogP) is 13.1. The SMILES string of the molecule is c1ccc(-c2cc(-n3c4ccccc4c4ccccc43)cc(-n3c4ccccc4c4cccc(-c5ccc6c(c5)oc5ccccc56)c43)c2)cc1. The van der Waals surface area contributed by atoms with Crippen LogP contribution in [0.15, 0.2) is 186 Å². The zero-order chi connectivity index (χ0) is 33.5. The van der Waals surface area contributed by atoms with Crippen LogP contribution in [0.1, 0.15) is 0 Å². The second kappa shape index (κ2) is 10.8. The van der Waals surface area contributed by atoms with Crippen molar-refractivity contribution in [2.75, 3.05) is 0 Å². The third kappa shape index (κ3) is 4.19. The highest BCUT2D eigenvalue weighted by molar-refractivity contribution is 6.15. The summed E-state index contributed by atoms with van der Waals surface area (Å²) < 4.78 is 11.3. The van der Waals surface area contributed by atoms with E-state index in [0.29, 0.717) is 0 Å². The Hall–Kier alpha value is -6.84. The third-order valence-corrected chi connectivity index (χ3v) is 10.5. The molecule has 51 heavy (non-hydrogen) atoms. The summed E-state index contributed by atoms with van der Waals surface area (Å²) in [6.45, 7) is 0. The molecule has 3 nitrogen and oxygen atoms in total. The van der Waals surface area contributed by atoms with E-state index in [1.54, 1.807) is 0 Å². The smallest absolute Gasteiger partial charge is 0.136 e. The van der Waals surface area contributed by atoms with Gasteiger partial charge in [-0.25, -0.2) is 0 Å². The van der Waals surface area contributed by atoms with Gasteiger partial charge in [0.1, 0.15) is 11.2 Å². The number of hydrogen-bond donors (Lipinski definition) is 0. The van der Waals surface area contributed by atoms with Gasteiger partial charge in [0, 0.05) is 49.3 Å². The Kier molecular flexibility index (Phi) is 5.96. The molecule has 3 aromatic heterocycles. The highest BCUT2D eigenvalue weighted by Crippen LogP contribution is 2.42. The highest BCUT2D eigenvalue weighted by Gasteiger charge is 2.20. The molecule has 11 aromatic rings. The number of furan rings is 1. The van der Waals surface area contributed by atoms with E-state index < -0.39 is 0 Å². The maximum Gasteiger partial charge on any atom is 0.136 e. The number of nitrogens with zero attached hydrogens (tertiary/aromatic N) is 2. The lowest BCUT2D eigenvalue weighted by atomic mass is 10.00. The summed E-state index contributed by atoms with van der Waals surface area (Å²) >= 11 is 0. The van der Waals surface area contributed by atoms with Gasteiger partial charge in [-0.15, -0.1) is 0 Å². The number of fused-ring (bicyclic) bond motifs is 9. The van der Waals surface area contributed by atoms with Crippen LogP contribution in [0.25, 0.3) is 99.2 Å². The second-order valence-electron chi connectivity index (χ2n) is 13.3. The normalized spacial score (nSPS) is 11.9. The largest absolute Gasteiger partial charge is 0.456 e. The zero-order valence-electron chi connectivity index (χ0n) is 27.6. The molecule has 0 saturated heterocycles. The summed E-state index contributed by atoms with van der Waals surface area (Å²) in [6, 6.07) is 65.6. The lowest BCUT2D eigenvalue weighted by molar-refractivity contribution is 0.669. The van der Waals surface area contributed by atoms with E-state index in [9.17, 15) is 0 Å². The molecule has 0 spiro atoms. The van der Waals surface area contributed by atoms with Crippen molar-refractivity contribution in [3.8, 4) is 33.6 Å². The van der Waals surface area contributed by atoms with Crippen LogP contribution in [0.4, 0.5) is 0 Å². The minimum absolute atomic E-state index is 0.896. The summed E-state index contributed by atoms with van der Waals surface area (Å²) in [7, 11) is 0. The van der Waals surface area contributed by atoms with Gasteiger partial charge in [0.05, 0.1) is 22.1 Å². The fourth-order valence-electron chi connectivity index (χ4n) is 8.26. The molecule has 0 saturated carbocycles. The standard InChI is InChI=1S/C48H30N2O/c1-2-13-31(14-3-1)33-27-34(49-43-21-8-4-15-37(43)38-16-5-9-22-44(38)49)30-35(28-33)50-45-23-10-6-17-39(45)42-20-12-19-36(48(42)50)32-25-26-41-40-18-7-11-24-46(40)51-47(41)29-32/h1-30H. The lowest BCUT2D eigenvalue weighted by Crippen LogP contribution is -2.01.